The molecule has 0 aliphatic carbocycles. The fraction of sp³-hybridized carbons (Fsp3) is 0.154. The van der Waals surface area contributed by atoms with Crippen LogP contribution in [0.1, 0.15) is 21.6 Å². The first kappa shape index (κ1) is 16.0. The second-order valence-corrected chi connectivity index (χ2v) is 4.61. The first-order chi connectivity index (χ1) is 10.2. The number of carbonyl (C=O) groups is 1. The SMILES string of the molecule is Cn1nc(C(F)(F)F)c(C=Nc2ccccc2C(=O)O)c1Cl. The first-order valence-electron chi connectivity index (χ1n) is 5.88. The number of para-hydroxylation sites is 1. The van der Waals surface area contributed by atoms with Gasteiger partial charge in [0.05, 0.1) is 16.8 Å². The van der Waals surface area contributed by atoms with Crippen LogP contribution in [-0.4, -0.2) is 27.1 Å². The molecule has 0 saturated carbocycles. The minimum Gasteiger partial charge on any atom is -0.478 e. The molecule has 0 radical (unpaired) electrons. The van der Waals surface area contributed by atoms with E-state index in [1.54, 1.807) is 0 Å². The maximum Gasteiger partial charge on any atom is 0.435 e. The molecule has 9 heteroatoms. The number of benzene rings is 1. The van der Waals surface area contributed by atoms with Crippen LogP contribution in [0, 0.1) is 0 Å². The number of halogens is 4. The maximum atomic E-state index is 12.9. The van der Waals surface area contributed by atoms with Gasteiger partial charge < -0.3 is 5.11 Å². The molecule has 116 valence electrons. The van der Waals surface area contributed by atoms with Crippen LogP contribution in [0.15, 0.2) is 29.3 Å². The molecule has 0 saturated heterocycles. The summed E-state index contributed by atoms with van der Waals surface area (Å²) in [6, 6.07) is 5.68. The lowest BCUT2D eigenvalue weighted by Gasteiger charge is -2.03. The van der Waals surface area contributed by atoms with Crippen molar-refractivity contribution in [3.63, 3.8) is 0 Å². The van der Waals surface area contributed by atoms with Crippen molar-refractivity contribution in [1.29, 1.82) is 0 Å². The number of hydrogen-bond donors (Lipinski definition) is 1. The van der Waals surface area contributed by atoms with Gasteiger partial charge in [0.15, 0.2) is 5.69 Å². The summed E-state index contributed by atoms with van der Waals surface area (Å²) in [6.45, 7) is 0. The largest absolute Gasteiger partial charge is 0.478 e. The van der Waals surface area contributed by atoms with E-state index in [2.05, 4.69) is 10.1 Å². The van der Waals surface area contributed by atoms with Gasteiger partial charge in [-0.05, 0) is 12.1 Å². The van der Waals surface area contributed by atoms with E-state index in [-0.39, 0.29) is 16.4 Å². The number of hydrogen-bond acceptors (Lipinski definition) is 3. The van der Waals surface area contributed by atoms with Crippen molar-refractivity contribution >= 4 is 29.5 Å². The number of carboxylic acids is 1. The van der Waals surface area contributed by atoms with E-state index in [1.165, 1.54) is 31.3 Å². The molecule has 0 spiro atoms. The zero-order valence-electron chi connectivity index (χ0n) is 11.1. The van der Waals surface area contributed by atoms with E-state index in [4.69, 9.17) is 16.7 Å². The van der Waals surface area contributed by atoms with Gasteiger partial charge >= 0.3 is 12.1 Å². The highest BCUT2D eigenvalue weighted by molar-refractivity contribution is 6.32. The molecular formula is C13H9ClF3N3O2. The summed E-state index contributed by atoms with van der Waals surface area (Å²) in [6.07, 6.45) is -3.83. The van der Waals surface area contributed by atoms with Crippen molar-refractivity contribution < 1.29 is 23.1 Å². The fourth-order valence-corrected chi connectivity index (χ4v) is 1.92. The van der Waals surface area contributed by atoms with Crippen LogP contribution in [0.2, 0.25) is 5.15 Å². The zero-order chi connectivity index (χ0) is 16.5. The number of aromatic nitrogens is 2. The predicted octanol–water partition coefficient (Wildman–Crippen LogP) is 3.54. The summed E-state index contributed by atoms with van der Waals surface area (Å²) < 4.78 is 39.5. The van der Waals surface area contributed by atoms with Gasteiger partial charge in [0.2, 0.25) is 0 Å². The standard InChI is InChI=1S/C13H9ClF3N3O2/c1-20-11(14)8(10(19-20)13(15,16)17)6-18-9-5-3-2-4-7(9)12(21)22/h2-6H,1H3,(H,21,22). The minimum atomic E-state index is -4.70. The van der Waals surface area contributed by atoms with Crippen LogP contribution in [0.5, 0.6) is 0 Å². The number of carboxylic acid groups (broad SMARTS) is 1. The Hall–Kier alpha value is -2.35. The third kappa shape index (κ3) is 3.11. The topological polar surface area (TPSA) is 67.5 Å². The van der Waals surface area contributed by atoms with E-state index >= 15 is 0 Å². The van der Waals surface area contributed by atoms with E-state index in [1.807, 2.05) is 0 Å². The summed E-state index contributed by atoms with van der Waals surface area (Å²) in [5.41, 5.74) is -1.72. The van der Waals surface area contributed by atoms with Crippen LogP contribution in [-0.2, 0) is 13.2 Å². The number of rotatable bonds is 3. The number of alkyl halides is 3. The molecule has 1 heterocycles. The summed E-state index contributed by atoms with van der Waals surface area (Å²) in [5, 5.41) is 12.1. The van der Waals surface area contributed by atoms with Crippen LogP contribution in [0.3, 0.4) is 0 Å². The second kappa shape index (κ2) is 5.80. The highest BCUT2D eigenvalue weighted by atomic mass is 35.5. The third-order valence-corrected chi connectivity index (χ3v) is 3.20. The molecule has 0 unspecified atom stereocenters. The monoisotopic (exact) mass is 331 g/mol. The van der Waals surface area contributed by atoms with Gasteiger partial charge in [-0.1, -0.05) is 23.7 Å². The van der Waals surface area contributed by atoms with Crippen molar-refractivity contribution in [3.8, 4) is 0 Å². The smallest absolute Gasteiger partial charge is 0.435 e. The van der Waals surface area contributed by atoms with Crippen molar-refractivity contribution in [3.05, 3.63) is 46.2 Å². The molecule has 1 aromatic carbocycles. The lowest BCUT2D eigenvalue weighted by Crippen LogP contribution is -2.09. The Morgan fingerprint density at radius 3 is 2.64 bits per heavy atom. The lowest BCUT2D eigenvalue weighted by atomic mass is 10.2. The van der Waals surface area contributed by atoms with Crippen LogP contribution in [0.25, 0.3) is 0 Å². The van der Waals surface area contributed by atoms with Crippen LogP contribution < -0.4 is 0 Å². The normalized spacial score (nSPS) is 12.0. The highest BCUT2D eigenvalue weighted by Gasteiger charge is 2.38. The lowest BCUT2D eigenvalue weighted by molar-refractivity contribution is -0.141. The van der Waals surface area contributed by atoms with E-state index in [9.17, 15) is 18.0 Å². The van der Waals surface area contributed by atoms with Gasteiger partial charge in [-0.3, -0.25) is 9.67 Å². The number of nitrogens with zero attached hydrogens (tertiary/aromatic N) is 3. The van der Waals surface area contributed by atoms with Gasteiger partial charge in [-0.25, -0.2) is 4.79 Å². The quantitative estimate of drug-likeness (QED) is 0.875. The Bertz CT molecular complexity index is 753. The molecule has 0 atom stereocenters. The molecule has 0 fully saturated rings. The number of aliphatic imine (C=N–C) groups is 1. The molecule has 0 aliphatic heterocycles. The fourth-order valence-electron chi connectivity index (χ4n) is 1.74. The average Bonchev–Trinajstić information content (AvgIpc) is 2.73. The van der Waals surface area contributed by atoms with E-state index < -0.39 is 23.4 Å². The van der Waals surface area contributed by atoms with Crippen molar-refractivity contribution in [1.82, 2.24) is 9.78 Å². The van der Waals surface area contributed by atoms with Crippen molar-refractivity contribution in [2.24, 2.45) is 12.0 Å². The molecule has 0 amide bonds. The van der Waals surface area contributed by atoms with Gasteiger partial charge in [0.25, 0.3) is 0 Å². The number of aromatic carboxylic acids is 1. The Balaban J connectivity index is 2.50. The highest BCUT2D eigenvalue weighted by Crippen LogP contribution is 2.33. The van der Waals surface area contributed by atoms with Crippen LogP contribution in [0.4, 0.5) is 18.9 Å². The Morgan fingerprint density at radius 1 is 1.41 bits per heavy atom. The Morgan fingerprint density at radius 2 is 2.05 bits per heavy atom. The Kier molecular flexibility index (Phi) is 4.23. The van der Waals surface area contributed by atoms with Crippen molar-refractivity contribution in [2.75, 3.05) is 0 Å². The van der Waals surface area contributed by atoms with Gasteiger partial charge in [-0.15, -0.1) is 0 Å². The van der Waals surface area contributed by atoms with Gasteiger partial charge in [0, 0.05) is 13.3 Å². The third-order valence-electron chi connectivity index (χ3n) is 2.75. The molecule has 1 N–H and O–H groups in total. The van der Waals surface area contributed by atoms with Gasteiger partial charge in [-0.2, -0.15) is 18.3 Å². The predicted molar refractivity (Wildman–Crippen MR) is 73.9 cm³/mol. The molecule has 0 bridgehead atoms. The molecule has 2 rings (SSSR count). The maximum absolute atomic E-state index is 12.9. The minimum absolute atomic E-state index is 0.0167. The molecule has 0 aliphatic rings. The average molecular weight is 332 g/mol. The second-order valence-electron chi connectivity index (χ2n) is 4.25. The first-order valence-corrected chi connectivity index (χ1v) is 6.25. The molecule has 1 aromatic heterocycles. The van der Waals surface area contributed by atoms with E-state index in [0.29, 0.717) is 0 Å². The summed E-state index contributed by atoms with van der Waals surface area (Å²) in [7, 11) is 1.26. The van der Waals surface area contributed by atoms with Crippen molar-refractivity contribution in [2.45, 2.75) is 6.18 Å². The molecule has 2 aromatic rings. The Labute approximate surface area is 127 Å². The summed E-state index contributed by atoms with van der Waals surface area (Å²) >= 11 is 5.78. The zero-order valence-corrected chi connectivity index (χ0v) is 11.9. The summed E-state index contributed by atoms with van der Waals surface area (Å²) in [4.78, 5) is 14.8. The van der Waals surface area contributed by atoms with Crippen LogP contribution >= 0.6 is 11.6 Å². The molecular weight excluding hydrogens is 323 g/mol. The number of aryl methyl sites for hydroxylation is 1. The molecule has 22 heavy (non-hydrogen) atoms. The van der Waals surface area contributed by atoms with E-state index in [0.717, 1.165) is 10.9 Å². The summed E-state index contributed by atoms with van der Waals surface area (Å²) in [5.74, 6) is -1.24. The van der Waals surface area contributed by atoms with Gasteiger partial charge in [0.1, 0.15) is 5.15 Å². The molecule has 5 nitrogen and oxygen atoms in total.